The van der Waals surface area contributed by atoms with Gasteiger partial charge < -0.3 is 41.1 Å². The molecule has 1 aliphatic rings. The van der Waals surface area contributed by atoms with E-state index in [2.05, 4.69) is 20.8 Å². The SMILES string of the molecule is CC(O)C(NC(=O)N[C@@H](CC(N)=O)c1nc(N2CCCCC2C(=O)O)no1)C(=O)O. The summed E-state index contributed by atoms with van der Waals surface area (Å²) in [5.74, 6) is -3.54. The molecule has 2 heterocycles. The van der Waals surface area contributed by atoms with E-state index in [-0.39, 0.29) is 11.8 Å². The van der Waals surface area contributed by atoms with Crippen LogP contribution in [-0.2, 0) is 14.4 Å². The molecule has 2 rings (SSSR count). The summed E-state index contributed by atoms with van der Waals surface area (Å²) in [5, 5.41) is 36.0. The fourth-order valence-corrected chi connectivity index (χ4v) is 3.04. The van der Waals surface area contributed by atoms with Crippen LogP contribution in [0.3, 0.4) is 0 Å². The summed E-state index contributed by atoms with van der Waals surface area (Å²) in [6.07, 6.45) is 0.0437. The van der Waals surface area contributed by atoms with Crippen molar-refractivity contribution in [3.63, 3.8) is 0 Å². The molecule has 0 radical (unpaired) electrons. The van der Waals surface area contributed by atoms with Crippen molar-refractivity contribution in [2.75, 3.05) is 11.4 Å². The summed E-state index contributed by atoms with van der Waals surface area (Å²) in [4.78, 5) is 51.6. The number of rotatable bonds is 9. The van der Waals surface area contributed by atoms with E-state index in [4.69, 9.17) is 15.4 Å². The van der Waals surface area contributed by atoms with Gasteiger partial charge in [-0.2, -0.15) is 4.98 Å². The van der Waals surface area contributed by atoms with Crippen molar-refractivity contribution in [1.82, 2.24) is 20.8 Å². The van der Waals surface area contributed by atoms with Crippen LogP contribution in [-0.4, -0.2) is 74.1 Å². The standard InChI is InChI=1S/C16H24N6O8/c1-7(23)11(14(27)28)19-16(29)18-8(6-10(17)24)12-20-15(21-30-12)22-5-3-2-4-9(22)13(25)26/h7-9,11,23H,2-6H2,1H3,(H2,17,24)(H,25,26)(H,27,28)(H2,18,19,29)/t7?,8-,9?,11?/m0/s1. The summed E-state index contributed by atoms with van der Waals surface area (Å²) in [6.45, 7) is 1.57. The van der Waals surface area contributed by atoms with Crippen molar-refractivity contribution in [2.24, 2.45) is 5.73 Å². The summed E-state index contributed by atoms with van der Waals surface area (Å²) in [5.41, 5.74) is 5.19. The lowest BCUT2D eigenvalue weighted by molar-refractivity contribution is -0.142. The van der Waals surface area contributed by atoms with Gasteiger partial charge in [-0.1, -0.05) is 0 Å². The van der Waals surface area contributed by atoms with Crippen LogP contribution in [0.2, 0.25) is 0 Å². The third-order valence-electron chi connectivity index (χ3n) is 4.52. The monoisotopic (exact) mass is 428 g/mol. The van der Waals surface area contributed by atoms with E-state index in [9.17, 15) is 29.4 Å². The number of aliphatic hydroxyl groups is 1. The molecule has 0 aromatic carbocycles. The molecular weight excluding hydrogens is 404 g/mol. The average Bonchev–Trinajstić information content (AvgIpc) is 3.14. The van der Waals surface area contributed by atoms with E-state index in [1.165, 1.54) is 11.8 Å². The molecule has 0 spiro atoms. The molecule has 3 unspecified atom stereocenters. The Kier molecular flexibility index (Phi) is 7.52. The number of nitrogens with one attached hydrogen (secondary N) is 2. The second-order valence-electron chi connectivity index (χ2n) is 6.87. The number of nitrogens with zero attached hydrogens (tertiary/aromatic N) is 3. The first-order valence-corrected chi connectivity index (χ1v) is 9.19. The molecule has 1 saturated heterocycles. The molecule has 1 aromatic heterocycles. The van der Waals surface area contributed by atoms with Gasteiger partial charge >= 0.3 is 18.0 Å². The molecule has 1 fully saturated rings. The summed E-state index contributed by atoms with van der Waals surface area (Å²) in [6, 6.07) is -4.64. The second-order valence-corrected chi connectivity index (χ2v) is 6.87. The van der Waals surface area contributed by atoms with Crippen LogP contribution < -0.4 is 21.3 Å². The van der Waals surface area contributed by atoms with Crippen molar-refractivity contribution in [1.29, 1.82) is 0 Å². The van der Waals surface area contributed by atoms with Gasteiger partial charge in [-0.15, -0.1) is 0 Å². The Morgan fingerprint density at radius 3 is 2.53 bits per heavy atom. The zero-order valence-corrected chi connectivity index (χ0v) is 16.1. The number of anilines is 1. The first-order chi connectivity index (χ1) is 14.1. The largest absolute Gasteiger partial charge is 0.480 e. The molecule has 3 amide bonds. The molecular formula is C16H24N6O8. The molecule has 4 atom stereocenters. The normalized spacial score (nSPS) is 19.4. The van der Waals surface area contributed by atoms with Gasteiger partial charge in [0.25, 0.3) is 11.8 Å². The Balaban J connectivity index is 2.17. The predicted molar refractivity (Wildman–Crippen MR) is 98.2 cm³/mol. The van der Waals surface area contributed by atoms with Crippen LogP contribution >= 0.6 is 0 Å². The van der Waals surface area contributed by atoms with E-state index < -0.39 is 54.5 Å². The molecule has 0 bridgehead atoms. The molecule has 14 nitrogen and oxygen atoms in total. The van der Waals surface area contributed by atoms with Gasteiger partial charge in [0.1, 0.15) is 12.1 Å². The number of aliphatic hydroxyl groups excluding tert-OH is 1. The molecule has 7 N–H and O–H groups in total. The number of urea groups is 1. The van der Waals surface area contributed by atoms with Crippen LogP contribution in [0.15, 0.2) is 4.52 Å². The summed E-state index contributed by atoms with van der Waals surface area (Å²) in [7, 11) is 0. The lowest BCUT2D eigenvalue weighted by Crippen LogP contribution is -2.52. The summed E-state index contributed by atoms with van der Waals surface area (Å²) < 4.78 is 5.10. The minimum atomic E-state index is -1.60. The molecule has 30 heavy (non-hydrogen) atoms. The van der Waals surface area contributed by atoms with Crippen molar-refractivity contribution < 1.29 is 39.0 Å². The van der Waals surface area contributed by atoms with Crippen LogP contribution in [0, 0.1) is 0 Å². The number of carbonyl (C=O) groups is 4. The maximum Gasteiger partial charge on any atom is 0.328 e. The third-order valence-corrected chi connectivity index (χ3v) is 4.52. The number of amides is 3. The minimum Gasteiger partial charge on any atom is -0.480 e. The molecule has 0 aliphatic carbocycles. The lowest BCUT2D eigenvalue weighted by atomic mass is 10.0. The van der Waals surface area contributed by atoms with E-state index in [1.54, 1.807) is 0 Å². The van der Waals surface area contributed by atoms with E-state index >= 15 is 0 Å². The number of hydrogen-bond donors (Lipinski definition) is 6. The highest BCUT2D eigenvalue weighted by molar-refractivity contribution is 5.83. The maximum absolute atomic E-state index is 12.2. The van der Waals surface area contributed by atoms with Crippen LogP contribution in [0.25, 0.3) is 0 Å². The Morgan fingerprint density at radius 2 is 1.97 bits per heavy atom. The van der Waals surface area contributed by atoms with E-state index in [0.29, 0.717) is 13.0 Å². The number of hydrogen-bond acceptors (Lipinski definition) is 9. The molecule has 1 aromatic rings. The quantitative estimate of drug-likeness (QED) is 0.267. The van der Waals surface area contributed by atoms with Gasteiger partial charge in [-0.25, -0.2) is 14.4 Å². The Morgan fingerprint density at radius 1 is 1.27 bits per heavy atom. The van der Waals surface area contributed by atoms with Gasteiger partial charge in [0, 0.05) is 6.54 Å². The lowest BCUT2D eigenvalue weighted by Gasteiger charge is -2.31. The van der Waals surface area contributed by atoms with Crippen molar-refractivity contribution in [3.8, 4) is 0 Å². The third kappa shape index (κ3) is 5.79. The van der Waals surface area contributed by atoms with Crippen molar-refractivity contribution >= 4 is 29.8 Å². The number of carboxylic acids is 2. The van der Waals surface area contributed by atoms with E-state index in [0.717, 1.165) is 12.8 Å². The van der Waals surface area contributed by atoms with Gasteiger partial charge in [0.15, 0.2) is 6.04 Å². The number of piperidine rings is 1. The first kappa shape index (κ1) is 22.9. The smallest absolute Gasteiger partial charge is 0.328 e. The topological polar surface area (TPSA) is 221 Å². The zero-order chi connectivity index (χ0) is 22.4. The number of carbonyl (C=O) groups excluding carboxylic acids is 2. The highest BCUT2D eigenvalue weighted by Crippen LogP contribution is 2.24. The molecule has 1 aliphatic heterocycles. The zero-order valence-electron chi connectivity index (χ0n) is 16.1. The minimum absolute atomic E-state index is 0.0128. The fourth-order valence-electron chi connectivity index (χ4n) is 3.04. The number of aliphatic carboxylic acids is 2. The molecule has 166 valence electrons. The summed E-state index contributed by atoms with van der Waals surface area (Å²) >= 11 is 0. The number of carboxylic acid groups (broad SMARTS) is 2. The number of nitrogens with two attached hydrogens (primary N) is 1. The van der Waals surface area contributed by atoms with Crippen LogP contribution in [0.5, 0.6) is 0 Å². The van der Waals surface area contributed by atoms with Crippen molar-refractivity contribution in [2.45, 2.75) is 56.8 Å². The molecule has 14 heteroatoms. The molecule has 0 saturated carbocycles. The van der Waals surface area contributed by atoms with Crippen LogP contribution in [0.1, 0.15) is 44.5 Å². The van der Waals surface area contributed by atoms with Gasteiger partial charge in [-0.05, 0) is 31.3 Å². The fraction of sp³-hybridized carbons (Fsp3) is 0.625. The average molecular weight is 428 g/mol. The van der Waals surface area contributed by atoms with Gasteiger partial charge in [-0.3, -0.25) is 4.79 Å². The van der Waals surface area contributed by atoms with Crippen molar-refractivity contribution in [3.05, 3.63) is 5.89 Å². The predicted octanol–water partition coefficient (Wildman–Crippen LogP) is -1.44. The van der Waals surface area contributed by atoms with E-state index in [1.807, 2.05) is 0 Å². The number of aromatic nitrogens is 2. The van der Waals surface area contributed by atoms with Crippen LogP contribution in [0.4, 0.5) is 10.7 Å². The first-order valence-electron chi connectivity index (χ1n) is 9.19. The highest BCUT2D eigenvalue weighted by Gasteiger charge is 2.33. The number of primary amides is 1. The highest BCUT2D eigenvalue weighted by atomic mass is 16.5. The second kappa shape index (κ2) is 9.87. The Bertz CT molecular complexity index is 796. The van der Waals surface area contributed by atoms with Gasteiger partial charge in [0.05, 0.1) is 12.5 Å². The Labute approximate surface area is 170 Å². The van der Waals surface area contributed by atoms with Gasteiger partial charge in [0.2, 0.25) is 5.91 Å². The Hall–Kier alpha value is -3.42. The maximum atomic E-state index is 12.2.